The van der Waals surface area contributed by atoms with Crippen molar-refractivity contribution < 1.29 is 18.3 Å². The summed E-state index contributed by atoms with van der Waals surface area (Å²) in [5, 5.41) is 4.87. The third kappa shape index (κ3) is 4.89. The van der Waals surface area contributed by atoms with Crippen LogP contribution >= 0.6 is 11.3 Å². The van der Waals surface area contributed by atoms with Gasteiger partial charge in [-0.05, 0) is 29.8 Å². The Labute approximate surface area is 159 Å². The lowest BCUT2D eigenvalue weighted by Gasteiger charge is -2.05. The number of aromatic nitrogens is 1. The molecule has 4 nitrogen and oxygen atoms in total. The highest BCUT2D eigenvalue weighted by atomic mass is 32.1. The maximum atomic E-state index is 13.8. The van der Waals surface area contributed by atoms with E-state index >= 15 is 0 Å². The second-order valence-corrected chi connectivity index (χ2v) is 6.72. The zero-order valence-corrected chi connectivity index (χ0v) is 15.5. The first-order valence-electron chi connectivity index (χ1n) is 8.35. The summed E-state index contributed by atoms with van der Waals surface area (Å²) in [6.45, 7) is 0.401. The van der Waals surface area contributed by atoms with Gasteiger partial charge in [-0.1, -0.05) is 18.2 Å². The Morgan fingerprint density at radius 2 is 1.85 bits per heavy atom. The van der Waals surface area contributed by atoms with Crippen LogP contribution in [0, 0.1) is 11.6 Å². The van der Waals surface area contributed by atoms with Crippen molar-refractivity contribution >= 4 is 17.2 Å². The smallest absolute Gasteiger partial charge is 0.224 e. The molecule has 0 aliphatic rings. The average molecular weight is 388 g/mol. The first kappa shape index (κ1) is 19.0. The van der Waals surface area contributed by atoms with E-state index in [1.165, 1.54) is 29.5 Å². The molecule has 7 heteroatoms. The highest BCUT2D eigenvalue weighted by Gasteiger charge is 2.14. The SMILES string of the molecule is COc1ccc(CC(=O)NCCc2csc(-c3c(F)cccc3F)n2)cc1. The zero-order chi connectivity index (χ0) is 19.2. The number of carbonyl (C=O) groups excluding carboxylic acids is 1. The Kier molecular flexibility index (Phi) is 6.13. The van der Waals surface area contributed by atoms with E-state index in [0.29, 0.717) is 23.7 Å². The van der Waals surface area contributed by atoms with E-state index in [2.05, 4.69) is 10.3 Å². The molecule has 1 aromatic heterocycles. The fourth-order valence-electron chi connectivity index (χ4n) is 2.56. The van der Waals surface area contributed by atoms with Crippen molar-refractivity contribution in [2.45, 2.75) is 12.8 Å². The van der Waals surface area contributed by atoms with E-state index in [0.717, 1.165) is 11.3 Å². The first-order chi connectivity index (χ1) is 13.1. The molecule has 0 spiro atoms. The molecule has 27 heavy (non-hydrogen) atoms. The summed E-state index contributed by atoms with van der Waals surface area (Å²) < 4.78 is 32.7. The van der Waals surface area contributed by atoms with Gasteiger partial charge in [-0.3, -0.25) is 4.79 Å². The normalized spacial score (nSPS) is 10.6. The standard InChI is InChI=1S/C20H18F2N2O2S/c1-26-15-7-5-13(6-8-15)11-18(25)23-10-9-14-12-27-20(24-14)19-16(21)3-2-4-17(19)22/h2-8,12H,9-11H2,1H3,(H,23,25). The number of carbonyl (C=O) groups is 1. The molecule has 3 aromatic rings. The van der Waals surface area contributed by atoms with Gasteiger partial charge in [0.15, 0.2) is 0 Å². The second-order valence-electron chi connectivity index (χ2n) is 5.87. The topological polar surface area (TPSA) is 51.2 Å². The average Bonchev–Trinajstić information content (AvgIpc) is 3.10. The van der Waals surface area contributed by atoms with Gasteiger partial charge in [0.1, 0.15) is 22.4 Å². The quantitative estimate of drug-likeness (QED) is 0.666. The van der Waals surface area contributed by atoms with Gasteiger partial charge in [0.2, 0.25) is 5.91 Å². The monoisotopic (exact) mass is 388 g/mol. The molecule has 3 rings (SSSR count). The number of nitrogens with one attached hydrogen (secondary N) is 1. The molecule has 1 heterocycles. The maximum Gasteiger partial charge on any atom is 0.224 e. The molecule has 0 atom stereocenters. The van der Waals surface area contributed by atoms with Gasteiger partial charge >= 0.3 is 0 Å². The van der Waals surface area contributed by atoms with Crippen molar-refractivity contribution in [2.75, 3.05) is 13.7 Å². The predicted molar refractivity (Wildman–Crippen MR) is 101 cm³/mol. The lowest BCUT2D eigenvalue weighted by molar-refractivity contribution is -0.120. The number of amides is 1. The van der Waals surface area contributed by atoms with Gasteiger partial charge in [-0.15, -0.1) is 11.3 Å². The van der Waals surface area contributed by atoms with Gasteiger partial charge in [-0.25, -0.2) is 13.8 Å². The van der Waals surface area contributed by atoms with Crippen LogP contribution in [0.1, 0.15) is 11.3 Å². The second kappa shape index (κ2) is 8.73. The lowest BCUT2D eigenvalue weighted by Crippen LogP contribution is -2.27. The summed E-state index contributed by atoms with van der Waals surface area (Å²) in [6.07, 6.45) is 0.758. The van der Waals surface area contributed by atoms with E-state index in [1.54, 1.807) is 24.6 Å². The van der Waals surface area contributed by atoms with E-state index in [1.807, 2.05) is 12.1 Å². The summed E-state index contributed by atoms with van der Waals surface area (Å²) in [7, 11) is 1.59. The Bertz CT molecular complexity index is 906. The summed E-state index contributed by atoms with van der Waals surface area (Å²) >= 11 is 1.18. The van der Waals surface area contributed by atoms with Gasteiger partial charge in [-0.2, -0.15) is 0 Å². The van der Waals surface area contributed by atoms with Crippen LogP contribution in [-0.2, 0) is 17.6 Å². The predicted octanol–water partition coefficient (Wildman–Crippen LogP) is 4.00. The zero-order valence-electron chi connectivity index (χ0n) is 14.7. The fraction of sp³-hybridized carbons (Fsp3) is 0.200. The number of hydrogen-bond donors (Lipinski definition) is 1. The number of ether oxygens (including phenoxy) is 1. The number of halogens is 2. The van der Waals surface area contributed by atoms with Crippen LogP contribution in [0.15, 0.2) is 47.8 Å². The van der Waals surface area contributed by atoms with Crippen LogP contribution in [0.5, 0.6) is 5.75 Å². The molecule has 0 radical (unpaired) electrons. The largest absolute Gasteiger partial charge is 0.497 e. The van der Waals surface area contributed by atoms with Crippen LogP contribution in [0.2, 0.25) is 0 Å². The van der Waals surface area contributed by atoms with Crippen molar-refractivity contribution in [3.63, 3.8) is 0 Å². The van der Waals surface area contributed by atoms with Crippen LogP contribution in [0.25, 0.3) is 10.6 Å². The van der Waals surface area contributed by atoms with Gasteiger partial charge in [0.05, 0.1) is 24.8 Å². The lowest BCUT2D eigenvalue weighted by atomic mass is 10.1. The third-order valence-corrected chi connectivity index (χ3v) is 4.86. The number of rotatable bonds is 7. The highest BCUT2D eigenvalue weighted by molar-refractivity contribution is 7.13. The van der Waals surface area contributed by atoms with Crippen LogP contribution < -0.4 is 10.1 Å². The molecule has 140 valence electrons. The van der Waals surface area contributed by atoms with Crippen molar-refractivity contribution in [3.8, 4) is 16.3 Å². The molecule has 1 N–H and O–H groups in total. The highest BCUT2D eigenvalue weighted by Crippen LogP contribution is 2.28. The number of hydrogen-bond acceptors (Lipinski definition) is 4. The summed E-state index contributed by atoms with van der Waals surface area (Å²) in [5.41, 5.74) is 1.46. The number of nitrogens with zero attached hydrogens (tertiary/aromatic N) is 1. The molecule has 1 amide bonds. The molecule has 0 unspecified atom stereocenters. The Morgan fingerprint density at radius 1 is 1.15 bits per heavy atom. The van der Waals surface area contributed by atoms with Gasteiger partial charge in [0.25, 0.3) is 0 Å². The summed E-state index contributed by atoms with van der Waals surface area (Å²) in [5.74, 6) is -0.632. The molecule has 0 aliphatic heterocycles. The number of thiazole rings is 1. The minimum Gasteiger partial charge on any atom is -0.497 e. The molecule has 0 saturated heterocycles. The Morgan fingerprint density at radius 3 is 2.52 bits per heavy atom. The maximum absolute atomic E-state index is 13.8. The third-order valence-electron chi connectivity index (χ3n) is 3.96. The van der Waals surface area contributed by atoms with Gasteiger partial charge in [0, 0.05) is 18.3 Å². The van der Waals surface area contributed by atoms with E-state index in [4.69, 9.17) is 4.74 Å². The van der Waals surface area contributed by atoms with Crippen LogP contribution in [-0.4, -0.2) is 24.5 Å². The minimum atomic E-state index is -0.635. The molecular weight excluding hydrogens is 370 g/mol. The summed E-state index contributed by atoms with van der Waals surface area (Å²) in [6, 6.07) is 11.0. The van der Waals surface area contributed by atoms with Crippen molar-refractivity contribution in [3.05, 3.63) is 70.7 Å². The molecular formula is C20H18F2N2O2S. The molecule has 0 aliphatic carbocycles. The fourth-order valence-corrected chi connectivity index (χ4v) is 3.46. The summed E-state index contributed by atoms with van der Waals surface area (Å²) in [4.78, 5) is 16.3. The minimum absolute atomic E-state index is 0.101. The van der Waals surface area contributed by atoms with E-state index < -0.39 is 11.6 Å². The number of benzene rings is 2. The van der Waals surface area contributed by atoms with Crippen LogP contribution in [0.3, 0.4) is 0 Å². The van der Waals surface area contributed by atoms with Crippen molar-refractivity contribution in [2.24, 2.45) is 0 Å². The molecule has 2 aromatic carbocycles. The molecule has 0 fully saturated rings. The van der Waals surface area contributed by atoms with Crippen molar-refractivity contribution in [1.29, 1.82) is 0 Å². The van der Waals surface area contributed by atoms with Crippen molar-refractivity contribution in [1.82, 2.24) is 10.3 Å². The Hall–Kier alpha value is -2.80. The van der Waals surface area contributed by atoms with E-state index in [9.17, 15) is 13.6 Å². The molecule has 0 saturated carbocycles. The Balaban J connectivity index is 1.52. The number of methoxy groups -OCH3 is 1. The van der Waals surface area contributed by atoms with Gasteiger partial charge < -0.3 is 10.1 Å². The van der Waals surface area contributed by atoms with Crippen LogP contribution in [0.4, 0.5) is 8.78 Å². The molecule has 0 bridgehead atoms. The van der Waals surface area contributed by atoms with E-state index in [-0.39, 0.29) is 17.9 Å². The first-order valence-corrected chi connectivity index (χ1v) is 9.23.